The lowest BCUT2D eigenvalue weighted by Gasteiger charge is -2.37. The van der Waals surface area contributed by atoms with Crippen molar-refractivity contribution in [2.24, 2.45) is 5.73 Å². The summed E-state index contributed by atoms with van der Waals surface area (Å²) in [6.45, 7) is 6.20. The van der Waals surface area contributed by atoms with E-state index in [0.717, 1.165) is 47.2 Å². The summed E-state index contributed by atoms with van der Waals surface area (Å²) in [6.07, 6.45) is 5.77. The molecule has 3 fully saturated rings. The molecular formula is C46H47FN12O5S. The summed E-state index contributed by atoms with van der Waals surface area (Å²) >= 11 is 1.43. The van der Waals surface area contributed by atoms with E-state index in [1.165, 1.54) is 22.7 Å². The van der Waals surface area contributed by atoms with Crippen LogP contribution in [0.4, 0.5) is 27.4 Å². The van der Waals surface area contributed by atoms with Crippen LogP contribution < -0.4 is 36.4 Å². The molecule has 17 nitrogen and oxygen atoms in total. The number of piperidine rings is 2. The number of amides is 5. The van der Waals surface area contributed by atoms with Crippen molar-refractivity contribution in [1.82, 2.24) is 35.7 Å². The van der Waals surface area contributed by atoms with Crippen LogP contribution in [0.1, 0.15) is 74.9 Å². The van der Waals surface area contributed by atoms with E-state index in [9.17, 15) is 24.0 Å². The normalized spacial score (nSPS) is 18.3. The highest BCUT2D eigenvalue weighted by Crippen LogP contribution is 2.31. The lowest BCUT2D eigenvalue weighted by molar-refractivity contribution is -0.136. The molecule has 334 valence electrons. The number of aromatic nitrogens is 4. The van der Waals surface area contributed by atoms with E-state index in [2.05, 4.69) is 47.9 Å². The number of piperazine rings is 1. The van der Waals surface area contributed by atoms with Crippen molar-refractivity contribution in [3.05, 3.63) is 119 Å². The Labute approximate surface area is 378 Å². The first kappa shape index (κ1) is 43.3. The summed E-state index contributed by atoms with van der Waals surface area (Å²) in [6, 6.07) is 19.8. The first-order valence-electron chi connectivity index (χ1n) is 21.5. The van der Waals surface area contributed by atoms with E-state index in [4.69, 9.17) is 5.73 Å². The Balaban J connectivity index is 0.733. The van der Waals surface area contributed by atoms with Gasteiger partial charge in [-0.25, -0.2) is 14.4 Å². The number of imide groups is 1. The Bertz CT molecular complexity index is 2650. The number of hydrogen-bond donors (Lipinski definition) is 4. The van der Waals surface area contributed by atoms with Crippen LogP contribution in [0.25, 0.3) is 0 Å². The van der Waals surface area contributed by atoms with Gasteiger partial charge in [0.15, 0.2) is 11.5 Å². The second-order valence-electron chi connectivity index (χ2n) is 16.9. The molecule has 1 unspecified atom stereocenters. The zero-order valence-electron chi connectivity index (χ0n) is 35.6. The van der Waals surface area contributed by atoms with E-state index >= 15 is 4.39 Å². The van der Waals surface area contributed by atoms with Gasteiger partial charge in [0.1, 0.15) is 22.7 Å². The Morgan fingerprint density at radius 2 is 1.65 bits per heavy atom. The number of carbonyl (C=O) groups is 5. The second kappa shape index (κ2) is 18.2. The number of nitrogens with zero attached hydrogens (tertiary/aromatic N) is 8. The first-order valence-corrected chi connectivity index (χ1v) is 22.3. The minimum atomic E-state index is -0.702. The molecule has 4 aliphatic heterocycles. The van der Waals surface area contributed by atoms with E-state index in [1.54, 1.807) is 48.8 Å². The molecule has 5 aromatic rings. The highest BCUT2D eigenvalue weighted by Gasteiger charge is 2.39. The molecule has 4 aliphatic rings. The summed E-state index contributed by atoms with van der Waals surface area (Å²) in [5, 5.41) is 17.2. The average molecular weight is 899 g/mol. The van der Waals surface area contributed by atoms with Crippen LogP contribution in [-0.4, -0.2) is 105 Å². The van der Waals surface area contributed by atoms with Gasteiger partial charge in [0, 0.05) is 86.0 Å². The molecule has 0 radical (unpaired) electrons. The molecule has 9 rings (SSSR count). The van der Waals surface area contributed by atoms with Crippen molar-refractivity contribution in [2.45, 2.75) is 67.2 Å². The SMILES string of the molecule is CC1(N)CCN(c2cnc(Sc3cccc(NC(=O)c4ccc(N5CCN(c6ccc(C(=O)NCc7ccc8c(c7)C(=O)N(C7CCC(=O)NC7=O)C8)nn6)CC5)c(F)c4)c3)cn2)CC1. The molecule has 0 aliphatic carbocycles. The molecule has 0 bridgehead atoms. The molecular weight excluding hydrogens is 852 g/mol. The Hall–Kier alpha value is -6.99. The summed E-state index contributed by atoms with van der Waals surface area (Å²) in [5.41, 5.74) is 9.34. The van der Waals surface area contributed by atoms with Gasteiger partial charge in [0.2, 0.25) is 11.8 Å². The van der Waals surface area contributed by atoms with Crippen LogP contribution in [0.15, 0.2) is 95.1 Å². The number of rotatable bonds is 11. The van der Waals surface area contributed by atoms with Gasteiger partial charge in [0.05, 0.1) is 18.1 Å². The third-order valence-corrected chi connectivity index (χ3v) is 13.2. The highest BCUT2D eigenvalue weighted by atomic mass is 32.2. The molecule has 6 heterocycles. The third-order valence-electron chi connectivity index (χ3n) is 12.2. The number of anilines is 4. The number of nitrogens with one attached hydrogen (secondary N) is 3. The molecule has 2 aromatic heterocycles. The standard InChI is InChI=1S/C46H47FN12O5S/c1-46(48)13-15-57(16-14-46)39-25-50-41(26-49-39)65-32-4-2-3-31(23-32)52-42(61)29-7-9-36(34(47)22-29)56-17-19-58(20-18-56)38-11-8-35(54-55-38)43(62)51-24-28-5-6-30-27-59(45(64)33(30)21-28)37-10-12-40(60)53-44(37)63/h2-9,11,21-23,25-26,37H,10,12-20,24,27,48H2,1H3,(H,51,62)(H,52,61)(H,53,60,63). The number of nitrogens with two attached hydrogens (primary N) is 1. The van der Waals surface area contributed by atoms with Crippen LogP contribution >= 0.6 is 11.8 Å². The average Bonchev–Trinajstić information content (AvgIpc) is 3.63. The van der Waals surface area contributed by atoms with Gasteiger partial charge in [-0.2, -0.15) is 0 Å². The van der Waals surface area contributed by atoms with E-state index < -0.39 is 29.6 Å². The molecule has 0 spiro atoms. The van der Waals surface area contributed by atoms with Gasteiger partial charge < -0.3 is 36.0 Å². The Kier molecular flexibility index (Phi) is 12.1. The quantitative estimate of drug-likeness (QED) is 0.137. The molecule has 5 amide bonds. The third kappa shape index (κ3) is 9.75. The second-order valence-corrected chi connectivity index (χ2v) is 18.0. The Morgan fingerprint density at radius 1 is 0.862 bits per heavy atom. The summed E-state index contributed by atoms with van der Waals surface area (Å²) in [7, 11) is 0. The minimum absolute atomic E-state index is 0.122. The lowest BCUT2D eigenvalue weighted by atomic mass is 9.91. The zero-order valence-corrected chi connectivity index (χ0v) is 36.4. The van der Waals surface area contributed by atoms with E-state index in [0.29, 0.717) is 54.5 Å². The maximum absolute atomic E-state index is 15.6. The maximum Gasteiger partial charge on any atom is 0.272 e. The molecule has 3 saturated heterocycles. The summed E-state index contributed by atoms with van der Waals surface area (Å²) < 4.78 is 15.6. The van der Waals surface area contributed by atoms with Crippen molar-refractivity contribution in [3.8, 4) is 0 Å². The minimum Gasteiger partial charge on any atom is -0.366 e. The largest absolute Gasteiger partial charge is 0.366 e. The number of benzene rings is 3. The fourth-order valence-electron chi connectivity index (χ4n) is 8.41. The van der Waals surface area contributed by atoms with Gasteiger partial charge in [0.25, 0.3) is 17.7 Å². The first-order chi connectivity index (χ1) is 31.4. The number of hydrogen-bond acceptors (Lipinski definition) is 14. The van der Waals surface area contributed by atoms with Crippen molar-refractivity contribution in [1.29, 1.82) is 0 Å². The zero-order chi connectivity index (χ0) is 45.2. The maximum atomic E-state index is 15.6. The molecule has 19 heteroatoms. The molecule has 0 saturated carbocycles. The fourth-order valence-corrected chi connectivity index (χ4v) is 9.20. The van der Waals surface area contributed by atoms with Gasteiger partial charge in [-0.05, 0) is 91.9 Å². The lowest BCUT2D eigenvalue weighted by Crippen LogP contribution is -2.52. The molecule has 3 aromatic carbocycles. The van der Waals surface area contributed by atoms with Crippen molar-refractivity contribution < 1.29 is 28.4 Å². The van der Waals surface area contributed by atoms with Crippen LogP contribution in [0.2, 0.25) is 0 Å². The van der Waals surface area contributed by atoms with Gasteiger partial charge in [-0.3, -0.25) is 29.3 Å². The van der Waals surface area contributed by atoms with Gasteiger partial charge >= 0.3 is 0 Å². The van der Waals surface area contributed by atoms with Crippen LogP contribution in [-0.2, 0) is 22.7 Å². The van der Waals surface area contributed by atoms with Crippen molar-refractivity contribution in [3.63, 3.8) is 0 Å². The molecule has 1 atom stereocenters. The fraction of sp³-hybridized carbons (Fsp3) is 0.326. The predicted octanol–water partition coefficient (Wildman–Crippen LogP) is 4.14. The number of fused-ring (bicyclic) bond motifs is 1. The van der Waals surface area contributed by atoms with Crippen molar-refractivity contribution in [2.75, 3.05) is 59.3 Å². The van der Waals surface area contributed by atoms with E-state index in [1.807, 2.05) is 40.1 Å². The topological polar surface area (TPSA) is 212 Å². The number of halogens is 1. The predicted molar refractivity (Wildman–Crippen MR) is 241 cm³/mol. The monoisotopic (exact) mass is 898 g/mol. The van der Waals surface area contributed by atoms with Gasteiger partial charge in [-0.15, -0.1) is 10.2 Å². The highest BCUT2D eigenvalue weighted by molar-refractivity contribution is 7.99. The van der Waals surface area contributed by atoms with Gasteiger partial charge in [-0.1, -0.05) is 30.0 Å². The molecule has 65 heavy (non-hydrogen) atoms. The molecule has 5 N–H and O–H groups in total. The van der Waals surface area contributed by atoms with Crippen LogP contribution in [0.3, 0.4) is 0 Å². The number of carbonyl (C=O) groups excluding carboxylic acids is 5. The van der Waals surface area contributed by atoms with Crippen LogP contribution in [0.5, 0.6) is 0 Å². The smallest absolute Gasteiger partial charge is 0.272 e. The van der Waals surface area contributed by atoms with Crippen LogP contribution in [0, 0.1) is 5.82 Å². The van der Waals surface area contributed by atoms with E-state index in [-0.39, 0.29) is 54.5 Å². The summed E-state index contributed by atoms with van der Waals surface area (Å²) in [4.78, 5) is 81.1. The Morgan fingerprint density at radius 3 is 2.37 bits per heavy atom. The summed E-state index contributed by atoms with van der Waals surface area (Å²) in [5.74, 6) is -1.07. The van der Waals surface area contributed by atoms with Crippen molar-refractivity contribution >= 4 is 64.3 Å².